The number of nitriles is 2. The van der Waals surface area contributed by atoms with Crippen LogP contribution in [0.4, 0.5) is 29.7 Å². The number of carboxylic acids is 2. The first-order valence-electron chi connectivity index (χ1n) is 32.0. The molecule has 0 aliphatic carbocycles. The second-order valence-corrected chi connectivity index (χ2v) is 26.8. The van der Waals surface area contributed by atoms with Gasteiger partial charge in [-0.15, -0.1) is 22.7 Å². The van der Waals surface area contributed by atoms with E-state index in [0.29, 0.717) is 119 Å². The number of carbonyl (C=O) groups is 6. The van der Waals surface area contributed by atoms with Crippen molar-refractivity contribution < 1.29 is 66.7 Å². The molecule has 6 aromatic carbocycles. The SMILES string of the molecule is COC(=O)C1=C(CN2CCN3C(=O)N(c4cc(C#N)cc(Oc5ccc(C(=O)O)cc5C#N)c4)C[C@@H]3C2)NC(c2nccs2)=N[C@H]1c1ccc(F)cc1Cl.COC(=O)C1=C(CN2CCN3C(=O)N(c4cccc(Oc5ccc(C(=O)O)cc5)c4)C[C@@H]3C2)NC(c2nccs2)=N[C@H]1c1ccc(F)cc1Cl. The van der Waals surface area contributed by atoms with Gasteiger partial charge in [0.15, 0.2) is 21.7 Å². The fourth-order valence-corrected chi connectivity index (χ4v) is 14.7. The van der Waals surface area contributed by atoms with Gasteiger partial charge in [-0.3, -0.25) is 29.6 Å². The third kappa shape index (κ3) is 15.0. The first-order valence-corrected chi connectivity index (χ1v) is 34.5. The van der Waals surface area contributed by atoms with Crippen molar-refractivity contribution in [1.82, 2.24) is 40.2 Å². The lowest BCUT2D eigenvalue weighted by Gasteiger charge is -2.38. The zero-order valence-corrected chi connectivity index (χ0v) is 58.1. The van der Waals surface area contributed by atoms with Gasteiger partial charge in [0, 0.05) is 139 Å². The number of methoxy groups -OCH3 is 2. The number of nitrogens with zero attached hydrogens (tertiary/aromatic N) is 12. The highest BCUT2D eigenvalue weighted by Gasteiger charge is 2.45. The molecule has 8 aromatic rings. The molecule has 104 heavy (non-hydrogen) atoms. The smallest absolute Gasteiger partial charge is 0.338 e. The third-order valence-corrected chi connectivity index (χ3v) is 20.1. The Morgan fingerprint density at radius 1 is 0.587 bits per heavy atom. The van der Waals surface area contributed by atoms with Crippen LogP contribution < -0.4 is 29.9 Å². The van der Waals surface area contributed by atoms with Crippen LogP contribution in [0.25, 0.3) is 0 Å². The predicted molar refractivity (Wildman–Crippen MR) is 379 cm³/mol. The van der Waals surface area contributed by atoms with Crippen molar-refractivity contribution in [2.45, 2.75) is 24.2 Å². The number of anilines is 2. The van der Waals surface area contributed by atoms with Gasteiger partial charge in [-0.2, -0.15) is 10.5 Å². The molecule has 26 nitrogen and oxygen atoms in total. The van der Waals surface area contributed by atoms with Gasteiger partial charge in [-0.05, 0) is 91.0 Å². The van der Waals surface area contributed by atoms with Gasteiger partial charge in [0.05, 0.1) is 71.5 Å². The summed E-state index contributed by atoms with van der Waals surface area (Å²) in [7, 11) is 2.56. The first-order chi connectivity index (χ1) is 50.2. The van der Waals surface area contributed by atoms with Gasteiger partial charge in [0.25, 0.3) is 0 Å². The number of nitrogens with one attached hydrogen (secondary N) is 2. The van der Waals surface area contributed by atoms with Crippen molar-refractivity contribution in [2.24, 2.45) is 9.98 Å². The molecule has 0 spiro atoms. The summed E-state index contributed by atoms with van der Waals surface area (Å²) in [6.07, 6.45) is 3.29. The van der Waals surface area contributed by atoms with E-state index in [9.17, 15) is 53.2 Å². The molecule has 4 N–H and O–H groups in total. The number of urea groups is 2. The molecule has 2 aromatic heterocycles. The van der Waals surface area contributed by atoms with Crippen LogP contribution in [0.1, 0.15) is 65.1 Å². The van der Waals surface area contributed by atoms with E-state index >= 15 is 0 Å². The number of aromatic nitrogens is 2. The van der Waals surface area contributed by atoms with E-state index in [1.807, 2.05) is 22.4 Å². The zero-order chi connectivity index (χ0) is 73.0. The second kappa shape index (κ2) is 30.5. The Hall–Kier alpha value is -11.6. The highest BCUT2D eigenvalue weighted by Crippen LogP contribution is 2.41. The summed E-state index contributed by atoms with van der Waals surface area (Å²) in [5, 5.41) is 49.5. The van der Waals surface area contributed by atoms with Crippen LogP contribution in [0.5, 0.6) is 23.0 Å². The number of amidine groups is 2. The number of halogens is 4. The number of hydrogen-bond acceptors (Lipinski definition) is 22. The number of fused-ring (bicyclic) bond motifs is 2. The van der Waals surface area contributed by atoms with Crippen LogP contribution in [0.3, 0.4) is 0 Å². The summed E-state index contributed by atoms with van der Waals surface area (Å²) in [4.78, 5) is 106. The Morgan fingerprint density at radius 2 is 1.11 bits per heavy atom. The number of rotatable bonds is 18. The summed E-state index contributed by atoms with van der Waals surface area (Å²) in [5.74, 6) is -2.39. The van der Waals surface area contributed by atoms with E-state index in [2.05, 4.69) is 36.5 Å². The summed E-state index contributed by atoms with van der Waals surface area (Å²) < 4.78 is 50.4. The standard InChI is InChI=1S/C37H28ClFN8O6S.C35H30ClFN6O6S/c1-52-36(50)31-29(43-33(34-42-6-9-54-34)44-32(31)27-4-3-23(39)13-28(27)38)19-45-7-8-46-25(17-45)18-47(37(46)51)24-10-20(15-40)11-26(14-24)53-30-5-2-21(35(48)49)12-22(30)16-41;1-48-34(46)29-28(39-31(32-38-11-14-50-32)40-30(29)26-10-7-21(37)15-27(26)36)19-41-12-13-42-23(17-41)18-43(35(42)47)22-3-2-4-25(16-22)49-24-8-5-20(6-9-24)33(44)45/h2-6,9-14,25,32H,7-8,17-19H2,1H3,(H,43,44)(H,48,49);2-11,14-16,23,30H,12-13,17-19H2,1H3,(H,39,40)(H,44,45)/t25-,32-;23-,30-/m00/s1. The topological polar surface area (TPSA) is 321 Å². The molecule has 0 bridgehead atoms. The molecule has 4 saturated heterocycles. The van der Waals surface area contributed by atoms with Crippen LogP contribution in [0, 0.1) is 34.3 Å². The molecule has 0 saturated carbocycles. The van der Waals surface area contributed by atoms with Crippen LogP contribution in [0.15, 0.2) is 177 Å². The minimum Gasteiger partial charge on any atom is -0.478 e. The minimum atomic E-state index is -1.20. The van der Waals surface area contributed by atoms with Gasteiger partial charge in [0.2, 0.25) is 0 Å². The van der Waals surface area contributed by atoms with E-state index in [0.717, 1.165) is 6.07 Å². The molecule has 6 aliphatic rings. The minimum absolute atomic E-state index is 0.0108. The number of amides is 4. The van der Waals surface area contributed by atoms with E-state index < -0.39 is 47.6 Å². The fraction of sp³-hybridized carbons (Fsp3) is 0.222. The van der Waals surface area contributed by atoms with E-state index in [1.54, 1.807) is 74.9 Å². The van der Waals surface area contributed by atoms with Gasteiger partial charge < -0.3 is 49.6 Å². The second-order valence-electron chi connectivity index (χ2n) is 24.2. The van der Waals surface area contributed by atoms with Crippen molar-refractivity contribution in [3.05, 3.63) is 232 Å². The summed E-state index contributed by atoms with van der Waals surface area (Å²) in [5.41, 5.74) is 3.72. The average Bonchev–Trinajstić information content (AvgIpc) is 0.828. The van der Waals surface area contributed by atoms with Crippen LogP contribution >= 0.6 is 45.9 Å². The zero-order valence-electron chi connectivity index (χ0n) is 54.9. The number of carboxylic acid groups (broad SMARTS) is 2. The molecule has 32 heteroatoms. The average molecular weight is 1480 g/mol. The first kappa shape index (κ1) is 70.8. The molecule has 528 valence electrons. The number of carbonyl (C=O) groups excluding carboxylic acids is 4. The number of aliphatic imine (C=N–C) groups is 2. The molecule has 0 unspecified atom stereocenters. The number of ether oxygens (including phenoxy) is 4. The van der Waals surface area contributed by atoms with E-state index in [-0.39, 0.29) is 92.2 Å². The Kier molecular flexibility index (Phi) is 20.8. The number of piperazine rings is 2. The maximum Gasteiger partial charge on any atom is 0.338 e. The van der Waals surface area contributed by atoms with E-state index in [4.69, 9.17) is 57.2 Å². The number of aromatic carboxylic acids is 2. The highest BCUT2D eigenvalue weighted by atomic mass is 35.5. The lowest BCUT2D eigenvalue weighted by molar-refractivity contribution is -0.137. The molecule has 14 rings (SSSR count). The maximum absolute atomic E-state index is 14.1. The number of thiazole rings is 2. The monoisotopic (exact) mass is 1480 g/mol. The van der Waals surface area contributed by atoms with Crippen molar-refractivity contribution in [3.8, 4) is 35.1 Å². The normalized spacial score (nSPS) is 18.7. The van der Waals surface area contributed by atoms with Gasteiger partial charge in [0.1, 0.15) is 52.8 Å². The molecule has 4 amide bonds. The number of benzene rings is 6. The van der Waals surface area contributed by atoms with Crippen LogP contribution in [0.2, 0.25) is 10.0 Å². The van der Waals surface area contributed by atoms with Crippen molar-refractivity contribution >= 4 is 105 Å². The summed E-state index contributed by atoms with van der Waals surface area (Å²) >= 11 is 15.7. The molecule has 4 fully saturated rings. The Balaban J connectivity index is 0.000000185. The van der Waals surface area contributed by atoms with E-state index in [1.165, 1.54) is 104 Å². The lowest BCUT2D eigenvalue weighted by atomic mass is 9.95. The fourth-order valence-electron chi connectivity index (χ4n) is 13.0. The maximum atomic E-state index is 14.1. The largest absolute Gasteiger partial charge is 0.478 e. The van der Waals surface area contributed by atoms with Gasteiger partial charge in [-0.1, -0.05) is 41.4 Å². The Labute approximate surface area is 609 Å². The molecule has 4 atom stereocenters. The molecular weight excluding hydrogens is 1430 g/mol. The Morgan fingerprint density at radius 3 is 1.59 bits per heavy atom. The quantitative estimate of drug-likeness (QED) is 0.0580. The number of hydrogen-bond donors (Lipinski definition) is 4. The molecule has 8 heterocycles. The predicted octanol–water partition coefficient (Wildman–Crippen LogP) is 10.9. The van der Waals surface area contributed by atoms with Gasteiger partial charge in [-0.25, -0.2) is 47.5 Å². The van der Waals surface area contributed by atoms with Crippen molar-refractivity contribution in [3.63, 3.8) is 0 Å². The third-order valence-electron chi connectivity index (χ3n) is 17.9. The van der Waals surface area contributed by atoms with Crippen LogP contribution in [-0.4, -0.2) is 179 Å². The molecule has 6 aliphatic heterocycles. The number of esters is 2. The Bertz CT molecular complexity index is 4970. The van der Waals surface area contributed by atoms with Crippen molar-refractivity contribution in [2.75, 3.05) is 89.5 Å². The summed E-state index contributed by atoms with van der Waals surface area (Å²) in [6, 6.07) is 31.1. The molecular formula is C72H58Cl2F2N14O12S2. The molecule has 0 radical (unpaired) electrons. The lowest BCUT2D eigenvalue weighted by Crippen LogP contribution is -2.53. The summed E-state index contributed by atoms with van der Waals surface area (Å²) in [6.45, 7) is 4.04. The highest BCUT2D eigenvalue weighted by molar-refractivity contribution is 7.12. The van der Waals surface area contributed by atoms with Crippen LogP contribution in [-0.2, 0) is 19.1 Å². The van der Waals surface area contributed by atoms with Gasteiger partial charge >= 0.3 is 35.9 Å². The van der Waals surface area contributed by atoms with Crippen molar-refractivity contribution in [1.29, 1.82) is 10.5 Å².